The topological polar surface area (TPSA) is 66.0 Å². The molecule has 0 radical (unpaired) electrons. The van der Waals surface area contributed by atoms with Gasteiger partial charge in [-0.2, -0.15) is 0 Å². The van der Waals surface area contributed by atoms with Crippen molar-refractivity contribution in [1.29, 1.82) is 0 Å². The fourth-order valence-electron chi connectivity index (χ4n) is 0.975. The third-order valence-corrected chi connectivity index (χ3v) is 1.59. The highest BCUT2D eigenvalue weighted by Crippen LogP contribution is 1.91. The van der Waals surface area contributed by atoms with Crippen molar-refractivity contribution < 1.29 is 21.4 Å². The molecule has 7 heteroatoms. The zero-order valence-corrected chi connectivity index (χ0v) is 9.58. The quantitative estimate of drug-likeness (QED) is 0.438. The maximum Gasteiger partial charge on any atom is 0.255 e. The van der Waals surface area contributed by atoms with E-state index in [2.05, 4.69) is 34.8 Å². The predicted octanol–water partition coefficient (Wildman–Crippen LogP) is 0.529. The number of halogens is 1. The molecule has 0 unspecified atom stereocenters. The van der Waals surface area contributed by atoms with Crippen LogP contribution in [-0.4, -0.2) is 17.5 Å². The average Bonchev–Trinajstić information content (AvgIpc) is 2.45. The Morgan fingerprint density at radius 2 is 2.07 bits per heavy atom. The van der Waals surface area contributed by atoms with E-state index in [1.807, 2.05) is 7.05 Å². The van der Waals surface area contributed by atoms with Crippen LogP contribution in [-0.2, 0) is 24.1 Å². The lowest BCUT2D eigenvalue weighted by Crippen LogP contribution is -2.23. The Hall–Kier alpha value is -0.950. The van der Waals surface area contributed by atoms with E-state index >= 15 is 0 Å². The van der Waals surface area contributed by atoms with Gasteiger partial charge >= 0.3 is 0 Å². The summed E-state index contributed by atoms with van der Waals surface area (Å²) in [5, 5.41) is 0. The SMILES string of the molecule is CCCCn1cc[n+](C)c1.O=S(=O)([O-])F. The first-order chi connectivity index (χ1) is 6.83. The Morgan fingerprint density at radius 1 is 1.53 bits per heavy atom. The highest BCUT2D eigenvalue weighted by atomic mass is 32.3. The first-order valence-corrected chi connectivity index (χ1v) is 5.80. The molecule has 0 amide bonds. The van der Waals surface area contributed by atoms with E-state index in [4.69, 9.17) is 13.0 Å². The fraction of sp³-hybridized carbons (Fsp3) is 0.625. The molecule has 0 saturated heterocycles. The summed E-state index contributed by atoms with van der Waals surface area (Å²) in [5.74, 6) is 0. The van der Waals surface area contributed by atoms with Crippen LogP contribution in [0.4, 0.5) is 3.89 Å². The van der Waals surface area contributed by atoms with Crippen LogP contribution in [0.5, 0.6) is 0 Å². The van der Waals surface area contributed by atoms with E-state index in [1.54, 1.807) is 0 Å². The number of rotatable bonds is 3. The van der Waals surface area contributed by atoms with Crippen LogP contribution in [0.15, 0.2) is 18.7 Å². The second-order valence-electron chi connectivity index (χ2n) is 3.06. The number of hydrogen-bond acceptors (Lipinski definition) is 3. The second-order valence-corrected chi connectivity index (χ2v) is 3.85. The van der Waals surface area contributed by atoms with Crippen molar-refractivity contribution in [1.82, 2.24) is 4.57 Å². The van der Waals surface area contributed by atoms with Gasteiger partial charge in [0.1, 0.15) is 12.4 Å². The molecule has 0 saturated carbocycles. The monoisotopic (exact) mass is 238 g/mol. The lowest BCUT2D eigenvalue weighted by molar-refractivity contribution is -0.671. The first kappa shape index (κ1) is 14.1. The molecule has 0 aliphatic rings. The highest BCUT2D eigenvalue weighted by molar-refractivity contribution is 7.80. The summed E-state index contributed by atoms with van der Waals surface area (Å²) < 4.78 is 39.6. The Labute approximate surface area is 89.2 Å². The highest BCUT2D eigenvalue weighted by Gasteiger charge is 1.96. The molecule has 5 nitrogen and oxygen atoms in total. The normalized spacial score (nSPS) is 10.7. The molecule has 1 aromatic heterocycles. The molecule has 1 aromatic rings. The van der Waals surface area contributed by atoms with E-state index in [0.29, 0.717) is 0 Å². The lowest BCUT2D eigenvalue weighted by atomic mass is 10.3. The maximum atomic E-state index is 10.1. The summed E-state index contributed by atoms with van der Waals surface area (Å²) in [4.78, 5) is 0. The number of aromatic nitrogens is 2. The van der Waals surface area contributed by atoms with Gasteiger partial charge in [0.25, 0.3) is 10.5 Å². The molecule has 1 heterocycles. The minimum Gasteiger partial charge on any atom is -0.722 e. The molecule has 15 heavy (non-hydrogen) atoms. The number of unbranched alkanes of at least 4 members (excludes halogenated alkanes) is 1. The van der Waals surface area contributed by atoms with Crippen LogP contribution >= 0.6 is 0 Å². The van der Waals surface area contributed by atoms with Gasteiger partial charge in [-0.3, -0.25) is 0 Å². The molecule has 0 fully saturated rings. The molecular formula is C8H15FN2O3S. The third kappa shape index (κ3) is 11.0. The zero-order valence-electron chi connectivity index (χ0n) is 8.76. The van der Waals surface area contributed by atoms with E-state index in [-0.39, 0.29) is 0 Å². The van der Waals surface area contributed by atoms with Crippen LogP contribution in [0.25, 0.3) is 0 Å². The van der Waals surface area contributed by atoms with Gasteiger partial charge in [0.05, 0.1) is 13.6 Å². The molecule has 0 bridgehead atoms. The predicted molar refractivity (Wildman–Crippen MR) is 51.3 cm³/mol. The smallest absolute Gasteiger partial charge is 0.255 e. The maximum absolute atomic E-state index is 10.1. The number of hydrogen-bond donors (Lipinski definition) is 0. The van der Waals surface area contributed by atoms with Crippen molar-refractivity contribution in [2.75, 3.05) is 0 Å². The van der Waals surface area contributed by atoms with E-state index < -0.39 is 10.5 Å². The zero-order chi connectivity index (χ0) is 11.9. The summed E-state index contributed by atoms with van der Waals surface area (Å²) in [7, 11) is -3.37. The molecule has 0 spiro atoms. The summed E-state index contributed by atoms with van der Waals surface area (Å²) in [6, 6.07) is 0. The molecule has 0 aromatic carbocycles. The third-order valence-electron chi connectivity index (χ3n) is 1.59. The average molecular weight is 238 g/mol. The van der Waals surface area contributed by atoms with Gasteiger partial charge < -0.3 is 4.55 Å². The van der Waals surface area contributed by atoms with Crippen molar-refractivity contribution in [3.63, 3.8) is 0 Å². The van der Waals surface area contributed by atoms with Gasteiger partial charge in [0, 0.05) is 0 Å². The van der Waals surface area contributed by atoms with Crippen molar-refractivity contribution in [3.05, 3.63) is 18.7 Å². The van der Waals surface area contributed by atoms with Crippen molar-refractivity contribution in [2.24, 2.45) is 7.05 Å². The van der Waals surface area contributed by atoms with Gasteiger partial charge in [-0.15, -0.1) is 3.89 Å². The van der Waals surface area contributed by atoms with Crippen LogP contribution in [0, 0.1) is 0 Å². The Morgan fingerprint density at radius 3 is 2.40 bits per heavy atom. The standard InChI is InChI=1S/C8H15N2.FHO3S/c1-3-4-5-10-7-6-9(2)8-10;1-5(2,3)4/h6-8H,3-5H2,1-2H3;(H,2,3,4)/q+1;/p-1. The van der Waals surface area contributed by atoms with E-state index in [9.17, 15) is 3.89 Å². The lowest BCUT2D eigenvalue weighted by Gasteiger charge is -1.90. The van der Waals surface area contributed by atoms with Crippen molar-refractivity contribution in [2.45, 2.75) is 26.3 Å². The van der Waals surface area contributed by atoms with Crippen LogP contribution < -0.4 is 4.57 Å². The van der Waals surface area contributed by atoms with Crippen molar-refractivity contribution in [3.8, 4) is 0 Å². The van der Waals surface area contributed by atoms with Crippen LogP contribution in [0.3, 0.4) is 0 Å². The summed E-state index contributed by atoms with van der Waals surface area (Å²) in [6.07, 6.45) is 8.82. The van der Waals surface area contributed by atoms with Gasteiger partial charge in [-0.1, -0.05) is 13.3 Å². The number of nitrogens with zero attached hydrogens (tertiary/aromatic N) is 2. The Kier molecular flexibility index (Phi) is 6.11. The summed E-state index contributed by atoms with van der Waals surface area (Å²) >= 11 is 0. The number of imidazole rings is 1. The van der Waals surface area contributed by atoms with E-state index in [1.165, 1.54) is 12.8 Å². The minimum absolute atomic E-state index is 1.15. The molecule has 88 valence electrons. The minimum atomic E-state index is -5.42. The molecule has 0 aliphatic heterocycles. The Balaban J connectivity index is 0.000000336. The molecular weight excluding hydrogens is 223 g/mol. The molecule has 1 rings (SSSR count). The Bertz CT molecular complexity index is 367. The molecule has 0 atom stereocenters. The van der Waals surface area contributed by atoms with E-state index in [0.717, 1.165) is 6.54 Å². The summed E-state index contributed by atoms with van der Waals surface area (Å²) in [5.41, 5.74) is 0. The van der Waals surface area contributed by atoms with Gasteiger partial charge in [-0.25, -0.2) is 17.6 Å². The van der Waals surface area contributed by atoms with Crippen LogP contribution in [0.1, 0.15) is 19.8 Å². The molecule has 0 N–H and O–H groups in total. The fourth-order valence-corrected chi connectivity index (χ4v) is 0.975. The van der Waals surface area contributed by atoms with Crippen molar-refractivity contribution >= 4 is 10.5 Å². The van der Waals surface area contributed by atoms with Crippen LogP contribution in [0.2, 0.25) is 0 Å². The number of aryl methyl sites for hydroxylation is 2. The van der Waals surface area contributed by atoms with Gasteiger partial charge in [-0.05, 0) is 6.42 Å². The summed E-state index contributed by atoms with van der Waals surface area (Å²) in [6.45, 7) is 3.36. The second kappa shape index (κ2) is 6.52. The molecule has 0 aliphatic carbocycles. The van der Waals surface area contributed by atoms with Gasteiger partial charge in [0.15, 0.2) is 0 Å². The van der Waals surface area contributed by atoms with Gasteiger partial charge in [0.2, 0.25) is 6.33 Å². The first-order valence-electron chi connectivity index (χ1n) is 4.49. The largest absolute Gasteiger partial charge is 0.722 e.